The molecule has 0 saturated carbocycles. The summed E-state index contributed by atoms with van der Waals surface area (Å²) in [5, 5.41) is 1.18. The molecule has 2 aliphatic rings. The van der Waals surface area contributed by atoms with Crippen molar-refractivity contribution in [3.05, 3.63) is 29.3 Å². The van der Waals surface area contributed by atoms with E-state index in [1.165, 1.54) is 25.3 Å². The van der Waals surface area contributed by atoms with Gasteiger partial charge in [0, 0.05) is 22.1 Å². The van der Waals surface area contributed by atoms with Crippen LogP contribution in [0.15, 0.2) is 12.1 Å². The monoisotopic (exact) mass is 279 g/mol. The minimum atomic E-state index is -0.473. The van der Waals surface area contributed by atoms with Gasteiger partial charge in [-0.1, -0.05) is 6.42 Å². The second kappa shape index (κ2) is 5.23. The summed E-state index contributed by atoms with van der Waals surface area (Å²) in [6.45, 7) is 1.79. The van der Waals surface area contributed by atoms with Crippen LogP contribution in [0.1, 0.15) is 48.3 Å². The van der Waals surface area contributed by atoms with Crippen molar-refractivity contribution in [1.82, 2.24) is 4.98 Å². The highest BCUT2D eigenvalue weighted by Gasteiger charge is 2.37. The summed E-state index contributed by atoms with van der Waals surface area (Å²) in [5.74, 6) is -0.585. The van der Waals surface area contributed by atoms with Gasteiger partial charge < -0.3 is 0 Å². The van der Waals surface area contributed by atoms with Crippen LogP contribution in [0.5, 0.6) is 0 Å². The number of nitrogens with zero attached hydrogens (tertiary/aromatic N) is 1. The fourth-order valence-electron chi connectivity index (χ4n) is 3.18. The van der Waals surface area contributed by atoms with E-state index in [1.807, 2.05) is 11.8 Å². The van der Waals surface area contributed by atoms with E-state index >= 15 is 0 Å². The van der Waals surface area contributed by atoms with Crippen LogP contribution in [0, 0.1) is 18.7 Å². The minimum Gasteiger partial charge on any atom is -0.292 e. The lowest BCUT2D eigenvalue weighted by Gasteiger charge is -2.37. The van der Waals surface area contributed by atoms with E-state index in [1.54, 1.807) is 13.0 Å². The number of thioether (sulfide) groups is 1. The molecule has 2 nitrogen and oxygen atoms in total. The number of pyridine rings is 1. The van der Waals surface area contributed by atoms with Crippen molar-refractivity contribution in [2.75, 3.05) is 0 Å². The topological polar surface area (TPSA) is 30.0 Å². The molecule has 3 heterocycles. The molecule has 0 spiro atoms. The molecule has 0 N–H and O–H groups in total. The Morgan fingerprint density at radius 2 is 2.00 bits per heavy atom. The lowest BCUT2D eigenvalue weighted by molar-refractivity contribution is 0.0886. The Hall–Kier alpha value is -0.900. The van der Waals surface area contributed by atoms with Gasteiger partial charge in [-0.2, -0.15) is 11.8 Å². The maximum Gasteiger partial charge on any atom is 0.187 e. The van der Waals surface area contributed by atoms with Gasteiger partial charge in [-0.3, -0.25) is 4.79 Å². The number of ketones is 1. The predicted molar refractivity (Wildman–Crippen MR) is 75.0 cm³/mol. The molecule has 2 atom stereocenters. The fourth-order valence-corrected chi connectivity index (χ4v) is 5.02. The van der Waals surface area contributed by atoms with Crippen LogP contribution in [0.2, 0.25) is 0 Å². The zero-order chi connectivity index (χ0) is 13.4. The van der Waals surface area contributed by atoms with Crippen LogP contribution >= 0.6 is 11.8 Å². The molecule has 4 heteroatoms. The van der Waals surface area contributed by atoms with Crippen molar-refractivity contribution in [3.63, 3.8) is 0 Å². The maximum atomic E-state index is 13.8. The van der Waals surface area contributed by atoms with Crippen LogP contribution in [-0.4, -0.2) is 21.3 Å². The Morgan fingerprint density at radius 1 is 1.32 bits per heavy atom. The number of carbonyl (C=O) groups excluding carboxylic acids is 1. The first-order valence-electron chi connectivity index (χ1n) is 6.96. The summed E-state index contributed by atoms with van der Waals surface area (Å²) < 4.78 is 13.8. The predicted octanol–water partition coefficient (Wildman–Crippen LogP) is 3.78. The number of aryl methyl sites for hydroxylation is 1. The van der Waals surface area contributed by atoms with Gasteiger partial charge in [0.05, 0.1) is 0 Å². The number of halogens is 1. The van der Waals surface area contributed by atoms with Gasteiger partial charge in [0.2, 0.25) is 0 Å². The van der Waals surface area contributed by atoms with E-state index in [0.717, 1.165) is 12.8 Å². The van der Waals surface area contributed by atoms with Gasteiger partial charge in [-0.05, 0) is 44.7 Å². The number of Topliss-reactive ketones (excluding diaryl/α,β-unsaturated/α-hetero) is 1. The molecule has 0 aliphatic carbocycles. The molecule has 2 aliphatic heterocycles. The van der Waals surface area contributed by atoms with Crippen LogP contribution in [-0.2, 0) is 0 Å². The van der Waals surface area contributed by atoms with Crippen molar-refractivity contribution in [3.8, 4) is 0 Å². The smallest absolute Gasteiger partial charge is 0.187 e. The van der Waals surface area contributed by atoms with Crippen molar-refractivity contribution in [1.29, 1.82) is 0 Å². The molecule has 102 valence electrons. The summed E-state index contributed by atoms with van der Waals surface area (Å²) >= 11 is 2.03. The highest BCUT2D eigenvalue weighted by molar-refractivity contribution is 8.00. The zero-order valence-corrected chi connectivity index (χ0v) is 11.9. The Morgan fingerprint density at radius 3 is 2.68 bits per heavy atom. The van der Waals surface area contributed by atoms with E-state index in [9.17, 15) is 9.18 Å². The fraction of sp³-hybridized carbons (Fsp3) is 0.600. The highest BCUT2D eigenvalue weighted by atomic mass is 32.2. The van der Waals surface area contributed by atoms with Crippen molar-refractivity contribution >= 4 is 17.5 Å². The number of hydrogen-bond acceptors (Lipinski definition) is 3. The van der Waals surface area contributed by atoms with E-state index in [0.29, 0.717) is 16.2 Å². The van der Waals surface area contributed by atoms with Gasteiger partial charge in [0.25, 0.3) is 0 Å². The third-order valence-corrected chi connectivity index (χ3v) is 5.75. The first kappa shape index (κ1) is 13.1. The van der Waals surface area contributed by atoms with E-state index < -0.39 is 5.82 Å². The van der Waals surface area contributed by atoms with Crippen LogP contribution in [0.25, 0.3) is 0 Å². The molecule has 0 radical (unpaired) electrons. The third-order valence-electron chi connectivity index (χ3n) is 4.12. The third kappa shape index (κ3) is 2.69. The lowest BCUT2D eigenvalue weighted by atomic mass is 9.85. The first-order chi connectivity index (χ1) is 9.13. The van der Waals surface area contributed by atoms with E-state index in [4.69, 9.17) is 0 Å². The molecule has 2 fully saturated rings. The average molecular weight is 279 g/mol. The molecule has 0 aromatic carbocycles. The van der Waals surface area contributed by atoms with Crippen molar-refractivity contribution in [2.24, 2.45) is 5.92 Å². The molecule has 2 unspecified atom stereocenters. The molecule has 19 heavy (non-hydrogen) atoms. The second-order valence-corrected chi connectivity index (χ2v) is 7.23. The van der Waals surface area contributed by atoms with Crippen molar-refractivity contribution < 1.29 is 9.18 Å². The summed E-state index contributed by atoms with van der Waals surface area (Å²) in [7, 11) is 0. The van der Waals surface area contributed by atoms with Gasteiger partial charge in [-0.15, -0.1) is 0 Å². The number of hydrogen-bond donors (Lipinski definition) is 0. The zero-order valence-electron chi connectivity index (χ0n) is 11.1. The Labute approximate surface area is 117 Å². The molecular formula is C15H18FNOS. The Balaban J connectivity index is 1.82. The standard InChI is InChI=1S/C15H18FNOS/c1-9-5-6-13(16)14(17-9)15(18)10-7-11-3-2-4-12(8-10)19-11/h5-6,10-12H,2-4,7-8H2,1H3. The van der Waals surface area contributed by atoms with Gasteiger partial charge >= 0.3 is 0 Å². The molecule has 0 amide bonds. The Kier molecular flexibility index (Phi) is 3.61. The SMILES string of the molecule is Cc1ccc(F)c(C(=O)C2CC3CCCC(C2)S3)n1. The minimum absolute atomic E-state index is 0.0275. The van der Waals surface area contributed by atoms with Crippen LogP contribution in [0.4, 0.5) is 4.39 Å². The second-order valence-electron chi connectivity index (χ2n) is 5.63. The number of aromatic nitrogens is 1. The Bertz CT molecular complexity index is 493. The quantitative estimate of drug-likeness (QED) is 0.772. The number of fused-ring (bicyclic) bond motifs is 2. The average Bonchev–Trinajstić information content (AvgIpc) is 2.40. The summed E-state index contributed by atoms with van der Waals surface area (Å²) in [6, 6.07) is 2.96. The molecule has 1 aromatic rings. The molecule has 3 rings (SSSR count). The van der Waals surface area contributed by atoms with E-state index in [2.05, 4.69) is 4.98 Å². The largest absolute Gasteiger partial charge is 0.292 e. The first-order valence-corrected chi connectivity index (χ1v) is 7.90. The molecule has 1 aromatic heterocycles. The molecule has 2 bridgehead atoms. The molecule has 2 saturated heterocycles. The summed E-state index contributed by atoms with van der Waals surface area (Å²) in [6.07, 6.45) is 5.48. The van der Waals surface area contributed by atoms with Crippen LogP contribution in [0.3, 0.4) is 0 Å². The lowest BCUT2D eigenvalue weighted by Crippen LogP contribution is -2.33. The van der Waals surface area contributed by atoms with E-state index in [-0.39, 0.29) is 17.4 Å². The maximum absolute atomic E-state index is 13.8. The van der Waals surface area contributed by atoms with Crippen LogP contribution < -0.4 is 0 Å². The molecular weight excluding hydrogens is 261 g/mol. The summed E-state index contributed by atoms with van der Waals surface area (Å²) in [5.41, 5.74) is 0.755. The summed E-state index contributed by atoms with van der Waals surface area (Å²) in [4.78, 5) is 16.6. The number of carbonyl (C=O) groups is 1. The number of rotatable bonds is 2. The van der Waals surface area contributed by atoms with Gasteiger partial charge in [-0.25, -0.2) is 9.37 Å². The van der Waals surface area contributed by atoms with Gasteiger partial charge in [0.1, 0.15) is 5.69 Å². The van der Waals surface area contributed by atoms with Gasteiger partial charge in [0.15, 0.2) is 11.6 Å². The highest BCUT2D eigenvalue weighted by Crippen LogP contribution is 2.44. The normalized spacial score (nSPS) is 30.1. The van der Waals surface area contributed by atoms with Crippen molar-refractivity contribution in [2.45, 2.75) is 49.5 Å².